The molecule has 0 unspecified atom stereocenters. The van der Waals surface area contributed by atoms with Crippen LogP contribution in [0.3, 0.4) is 0 Å². The van der Waals surface area contributed by atoms with Crippen molar-refractivity contribution in [2.45, 2.75) is 6.42 Å². The molecule has 0 amide bonds. The molecule has 1 heterocycles. The van der Waals surface area contributed by atoms with E-state index >= 15 is 0 Å². The number of halogens is 3. The molecule has 0 radical (unpaired) electrons. The fourth-order valence-electron chi connectivity index (χ4n) is 2.25. The molecule has 3 aromatic rings. The van der Waals surface area contributed by atoms with E-state index in [0.717, 1.165) is 5.56 Å². The van der Waals surface area contributed by atoms with Crippen LogP contribution in [-0.4, -0.2) is 28.4 Å². The number of anilines is 1. The molecule has 0 aliphatic carbocycles. The zero-order valence-electron chi connectivity index (χ0n) is 13.6. The summed E-state index contributed by atoms with van der Waals surface area (Å²) in [7, 11) is 0. The van der Waals surface area contributed by atoms with Crippen LogP contribution in [0.4, 0.5) is 14.7 Å². The Balaban J connectivity index is 1.74. The number of nitrogens with zero attached hydrogens (tertiary/aromatic N) is 3. The molecule has 0 bridgehead atoms. The number of ether oxygens (including phenoxy) is 1. The molecule has 0 fully saturated rings. The normalized spacial score (nSPS) is 10.6. The maximum Gasteiger partial charge on any atom is 0.324 e. The third-order valence-electron chi connectivity index (χ3n) is 3.51. The van der Waals surface area contributed by atoms with Crippen LogP contribution in [0.15, 0.2) is 48.5 Å². The highest BCUT2D eigenvalue weighted by atomic mass is 35.5. The zero-order chi connectivity index (χ0) is 18.4. The summed E-state index contributed by atoms with van der Waals surface area (Å²) in [6.45, 7) is -0.538. The molecule has 1 N–H and O–H groups in total. The van der Waals surface area contributed by atoms with Gasteiger partial charge in [0.2, 0.25) is 12.8 Å². The first-order valence-corrected chi connectivity index (χ1v) is 8.21. The van der Waals surface area contributed by atoms with Crippen molar-refractivity contribution in [3.05, 3.63) is 64.9 Å². The number of benzene rings is 2. The van der Waals surface area contributed by atoms with Crippen LogP contribution < -0.4 is 10.1 Å². The van der Waals surface area contributed by atoms with Crippen LogP contribution in [0.2, 0.25) is 5.02 Å². The minimum Gasteiger partial charge on any atom is -0.431 e. The van der Waals surface area contributed by atoms with Gasteiger partial charge in [0.1, 0.15) is 5.82 Å². The van der Waals surface area contributed by atoms with E-state index in [9.17, 15) is 8.78 Å². The highest BCUT2D eigenvalue weighted by Crippen LogP contribution is 2.21. The summed E-state index contributed by atoms with van der Waals surface area (Å²) in [6, 6.07) is 13.0. The Labute approximate surface area is 154 Å². The lowest BCUT2D eigenvalue weighted by molar-refractivity contribution is 0.177. The smallest absolute Gasteiger partial charge is 0.324 e. The number of rotatable bonds is 7. The zero-order valence-corrected chi connectivity index (χ0v) is 14.4. The molecule has 3 rings (SSSR count). The minimum atomic E-state index is -1.04. The number of hydrogen-bond acceptors (Lipinski definition) is 5. The summed E-state index contributed by atoms with van der Waals surface area (Å²) in [5.74, 6) is 0.319. The average Bonchev–Trinajstić information content (AvgIpc) is 2.64. The van der Waals surface area contributed by atoms with Crippen molar-refractivity contribution in [1.29, 1.82) is 0 Å². The topological polar surface area (TPSA) is 59.9 Å². The molecule has 0 aliphatic rings. The average molecular weight is 377 g/mol. The highest BCUT2D eigenvalue weighted by molar-refractivity contribution is 6.30. The third-order valence-corrected chi connectivity index (χ3v) is 3.76. The van der Waals surface area contributed by atoms with Crippen LogP contribution >= 0.6 is 11.6 Å². The molecule has 0 atom stereocenters. The Morgan fingerprint density at radius 3 is 2.38 bits per heavy atom. The van der Waals surface area contributed by atoms with Gasteiger partial charge >= 0.3 is 6.01 Å². The van der Waals surface area contributed by atoms with E-state index in [1.165, 1.54) is 12.1 Å². The van der Waals surface area contributed by atoms with Crippen LogP contribution in [-0.2, 0) is 6.42 Å². The second-order valence-corrected chi connectivity index (χ2v) is 5.77. The second kappa shape index (κ2) is 8.53. The molecule has 1 aromatic heterocycles. The summed E-state index contributed by atoms with van der Waals surface area (Å²) >= 11 is 5.88. The van der Waals surface area contributed by atoms with Crippen molar-refractivity contribution in [3.8, 4) is 17.4 Å². The van der Waals surface area contributed by atoms with Gasteiger partial charge in [-0.05, 0) is 48.4 Å². The van der Waals surface area contributed by atoms with Gasteiger partial charge in [-0.15, -0.1) is 0 Å². The Morgan fingerprint density at radius 1 is 0.962 bits per heavy atom. The van der Waals surface area contributed by atoms with Gasteiger partial charge in [0.05, 0.1) is 0 Å². The summed E-state index contributed by atoms with van der Waals surface area (Å²) in [6.07, 6.45) is 0.640. The molecular weight excluding hydrogens is 362 g/mol. The fourth-order valence-corrected chi connectivity index (χ4v) is 2.37. The number of hydrogen-bond donors (Lipinski definition) is 1. The SMILES string of the molecule is FCOc1nc(NCCc2ccc(F)cc2)nc(-c2ccc(Cl)cc2)n1. The van der Waals surface area contributed by atoms with E-state index in [4.69, 9.17) is 16.3 Å². The van der Waals surface area contributed by atoms with Gasteiger partial charge < -0.3 is 10.1 Å². The lowest BCUT2D eigenvalue weighted by atomic mass is 10.1. The maximum atomic E-state index is 12.9. The van der Waals surface area contributed by atoms with Gasteiger partial charge in [-0.1, -0.05) is 23.7 Å². The predicted molar refractivity (Wildman–Crippen MR) is 95.5 cm³/mol. The van der Waals surface area contributed by atoms with E-state index in [1.54, 1.807) is 36.4 Å². The van der Waals surface area contributed by atoms with Gasteiger partial charge in [0.15, 0.2) is 5.82 Å². The standard InChI is InChI=1S/C18H15ClF2N4O/c19-14-5-3-13(4-6-14)16-23-17(25-18(24-16)26-11-20)22-10-9-12-1-7-15(21)8-2-12/h1-8H,9-11H2,(H,22,23,24,25). The summed E-state index contributed by atoms with van der Waals surface area (Å²) < 4.78 is 30.2. The van der Waals surface area contributed by atoms with Crippen LogP contribution in [0, 0.1) is 5.82 Å². The summed E-state index contributed by atoms with van der Waals surface area (Å²) in [5.41, 5.74) is 1.66. The highest BCUT2D eigenvalue weighted by Gasteiger charge is 2.10. The van der Waals surface area contributed by atoms with Crippen LogP contribution in [0.5, 0.6) is 6.01 Å². The molecular formula is C18H15ClF2N4O. The molecule has 8 heteroatoms. The predicted octanol–water partition coefficient (Wildman–Crippen LogP) is 4.29. The first-order valence-electron chi connectivity index (χ1n) is 7.83. The molecule has 0 saturated heterocycles. The number of alkyl halides is 1. The Morgan fingerprint density at radius 2 is 1.69 bits per heavy atom. The minimum absolute atomic E-state index is 0.114. The Bertz CT molecular complexity index is 860. The molecule has 26 heavy (non-hydrogen) atoms. The first kappa shape index (κ1) is 18.0. The van der Waals surface area contributed by atoms with Gasteiger partial charge in [-0.25, -0.2) is 8.78 Å². The molecule has 2 aromatic carbocycles. The quantitative estimate of drug-likeness (QED) is 0.666. The molecule has 134 valence electrons. The van der Waals surface area contributed by atoms with Crippen molar-refractivity contribution in [1.82, 2.24) is 15.0 Å². The monoisotopic (exact) mass is 376 g/mol. The summed E-state index contributed by atoms with van der Waals surface area (Å²) in [5, 5.41) is 3.63. The van der Waals surface area contributed by atoms with Gasteiger partial charge in [-0.3, -0.25) is 0 Å². The Kier molecular flexibility index (Phi) is 5.91. The van der Waals surface area contributed by atoms with Crippen molar-refractivity contribution >= 4 is 17.5 Å². The van der Waals surface area contributed by atoms with Gasteiger partial charge in [0, 0.05) is 17.1 Å². The molecule has 0 saturated carbocycles. The lowest BCUT2D eigenvalue weighted by Gasteiger charge is -2.09. The second-order valence-electron chi connectivity index (χ2n) is 5.33. The van der Waals surface area contributed by atoms with Crippen molar-refractivity contribution in [3.63, 3.8) is 0 Å². The van der Waals surface area contributed by atoms with E-state index < -0.39 is 6.86 Å². The van der Waals surface area contributed by atoms with Crippen molar-refractivity contribution in [2.24, 2.45) is 0 Å². The number of nitrogens with one attached hydrogen (secondary N) is 1. The van der Waals surface area contributed by atoms with Crippen LogP contribution in [0.1, 0.15) is 5.56 Å². The maximum absolute atomic E-state index is 12.9. The van der Waals surface area contributed by atoms with Gasteiger partial charge in [0.25, 0.3) is 0 Å². The molecule has 0 aliphatic heterocycles. The molecule has 0 spiro atoms. The van der Waals surface area contributed by atoms with Crippen molar-refractivity contribution < 1.29 is 13.5 Å². The number of aromatic nitrogens is 3. The lowest BCUT2D eigenvalue weighted by Crippen LogP contribution is -2.10. The van der Waals surface area contributed by atoms with E-state index in [-0.39, 0.29) is 17.8 Å². The third kappa shape index (κ3) is 4.86. The Hall–Kier alpha value is -2.80. The van der Waals surface area contributed by atoms with Crippen LogP contribution in [0.25, 0.3) is 11.4 Å². The first-order chi connectivity index (χ1) is 12.6. The largest absolute Gasteiger partial charge is 0.431 e. The summed E-state index contributed by atoms with van der Waals surface area (Å²) in [4.78, 5) is 12.4. The van der Waals surface area contributed by atoms with Gasteiger partial charge in [-0.2, -0.15) is 15.0 Å². The van der Waals surface area contributed by atoms with Crippen molar-refractivity contribution in [2.75, 3.05) is 18.7 Å². The van der Waals surface area contributed by atoms with E-state index in [0.29, 0.717) is 29.4 Å². The molecule has 5 nitrogen and oxygen atoms in total. The van der Waals surface area contributed by atoms with E-state index in [2.05, 4.69) is 20.3 Å². The van der Waals surface area contributed by atoms with E-state index in [1.807, 2.05) is 0 Å². The fraction of sp³-hybridized carbons (Fsp3) is 0.167.